The van der Waals surface area contributed by atoms with Crippen LogP contribution >= 0.6 is 0 Å². The summed E-state index contributed by atoms with van der Waals surface area (Å²) in [4.78, 5) is 8.79. The molecule has 1 aromatic rings. The summed E-state index contributed by atoms with van der Waals surface area (Å²) in [5.41, 5.74) is 0. The SMILES string of the molecule is CCNC(=NCCn1ccnc1C)NC1CC1C. The van der Waals surface area contributed by atoms with Crippen molar-refractivity contribution in [2.45, 2.75) is 39.8 Å². The van der Waals surface area contributed by atoms with E-state index < -0.39 is 0 Å². The quantitative estimate of drug-likeness (QED) is 0.608. The summed E-state index contributed by atoms with van der Waals surface area (Å²) in [6, 6.07) is 0.609. The van der Waals surface area contributed by atoms with E-state index in [9.17, 15) is 0 Å². The van der Waals surface area contributed by atoms with Gasteiger partial charge in [0, 0.05) is 31.5 Å². The zero-order chi connectivity index (χ0) is 13.0. The molecule has 2 atom stereocenters. The number of guanidine groups is 1. The fraction of sp³-hybridized carbons (Fsp3) is 0.692. The third-order valence-corrected chi connectivity index (χ3v) is 3.31. The van der Waals surface area contributed by atoms with Gasteiger partial charge in [0.05, 0.1) is 6.54 Å². The van der Waals surface area contributed by atoms with Gasteiger partial charge in [0.25, 0.3) is 0 Å². The molecule has 0 aliphatic heterocycles. The standard InChI is InChI=1S/C13H23N5/c1-4-14-13(17-12-9-10(12)2)16-6-8-18-7-5-15-11(18)3/h5,7,10,12H,4,6,8-9H2,1-3H3,(H2,14,16,17). The molecule has 0 saturated heterocycles. The zero-order valence-electron chi connectivity index (χ0n) is 11.5. The first-order valence-electron chi connectivity index (χ1n) is 6.73. The van der Waals surface area contributed by atoms with Gasteiger partial charge >= 0.3 is 0 Å². The van der Waals surface area contributed by atoms with Crippen LogP contribution in [0.5, 0.6) is 0 Å². The second-order valence-corrected chi connectivity index (χ2v) is 4.89. The Morgan fingerprint density at radius 2 is 2.39 bits per heavy atom. The average Bonchev–Trinajstić information content (AvgIpc) is 2.86. The van der Waals surface area contributed by atoms with E-state index in [1.54, 1.807) is 0 Å². The second kappa shape index (κ2) is 5.89. The maximum Gasteiger partial charge on any atom is 0.191 e. The smallest absolute Gasteiger partial charge is 0.191 e. The van der Waals surface area contributed by atoms with Crippen LogP contribution in [0.2, 0.25) is 0 Å². The first-order valence-corrected chi connectivity index (χ1v) is 6.73. The molecule has 0 amide bonds. The topological polar surface area (TPSA) is 54.2 Å². The Labute approximate surface area is 109 Å². The summed E-state index contributed by atoms with van der Waals surface area (Å²) in [6.07, 6.45) is 5.08. The maximum atomic E-state index is 4.59. The van der Waals surface area contributed by atoms with E-state index in [0.717, 1.165) is 37.3 Å². The molecule has 2 rings (SSSR count). The number of aliphatic imine (C=N–C) groups is 1. The van der Waals surface area contributed by atoms with E-state index in [1.165, 1.54) is 6.42 Å². The van der Waals surface area contributed by atoms with Crippen LogP contribution in [0.3, 0.4) is 0 Å². The molecule has 0 aromatic carbocycles. The fourth-order valence-corrected chi connectivity index (χ4v) is 1.93. The van der Waals surface area contributed by atoms with Crippen molar-refractivity contribution >= 4 is 5.96 Å². The van der Waals surface area contributed by atoms with Crippen molar-refractivity contribution in [1.29, 1.82) is 0 Å². The van der Waals surface area contributed by atoms with Crippen LogP contribution in [0, 0.1) is 12.8 Å². The highest BCUT2D eigenvalue weighted by atomic mass is 15.2. The molecule has 1 aliphatic carbocycles. The molecular formula is C13H23N5. The molecule has 2 unspecified atom stereocenters. The zero-order valence-corrected chi connectivity index (χ0v) is 11.5. The van der Waals surface area contributed by atoms with E-state index in [0.29, 0.717) is 6.04 Å². The van der Waals surface area contributed by atoms with Crippen LogP contribution in [-0.4, -0.2) is 34.6 Å². The summed E-state index contributed by atoms with van der Waals surface area (Å²) in [5.74, 6) is 2.76. The number of rotatable bonds is 5. The van der Waals surface area contributed by atoms with Crippen molar-refractivity contribution in [1.82, 2.24) is 20.2 Å². The number of aryl methyl sites for hydroxylation is 1. The van der Waals surface area contributed by atoms with Crippen LogP contribution in [0.4, 0.5) is 0 Å². The number of hydrogen-bond donors (Lipinski definition) is 2. The number of nitrogens with one attached hydrogen (secondary N) is 2. The lowest BCUT2D eigenvalue weighted by Crippen LogP contribution is -2.39. The molecule has 1 aromatic heterocycles. The minimum absolute atomic E-state index is 0.609. The van der Waals surface area contributed by atoms with Crippen molar-refractivity contribution in [3.05, 3.63) is 18.2 Å². The Morgan fingerprint density at radius 3 is 2.94 bits per heavy atom. The predicted octanol–water partition coefficient (Wildman–Crippen LogP) is 1.16. The summed E-state index contributed by atoms with van der Waals surface area (Å²) < 4.78 is 2.12. The minimum Gasteiger partial charge on any atom is -0.357 e. The Bertz CT molecular complexity index is 409. The number of nitrogens with zero attached hydrogens (tertiary/aromatic N) is 3. The van der Waals surface area contributed by atoms with Gasteiger partial charge in [0.15, 0.2) is 5.96 Å². The molecule has 1 fully saturated rings. The molecular weight excluding hydrogens is 226 g/mol. The van der Waals surface area contributed by atoms with E-state index in [1.807, 2.05) is 19.3 Å². The van der Waals surface area contributed by atoms with Gasteiger partial charge < -0.3 is 15.2 Å². The first kappa shape index (κ1) is 12.9. The summed E-state index contributed by atoms with van der Waals surface area (Å²) in [7, 11) is 0. The van der Waals surface area contributed by atoms with Gasteiger partial charge in [-0.2, -0.15) is 0 Å². The van der Waals surface area contributed by atoms with Crippen LogP contribution in [-0.2, 0) is 6.54 Å². The molecule has 0 bridgehead atoms. The lowest BCUT2D eigenvalue weighted by molar-refractivity contribution is 0.675. The second-order valence-electron chi connectivity index (χ2n) is 4.89. The van der Waals surface area contributed by atoms with Gasteiger partial charge in [0.1, 0.15) is 5.82 Å². The largest absolute Gasteiger partial charge is 0.357 e. The monoisotopic (exact) mass is 249 g/mol. The molecule has 100 valence electrons. The Kier molecular flexibility index (Phi) is 4.23. The molecule has 0 spiro atoms. The lowest BCUT2D eigenvalue weighted by atomic mass is 10.5. The minimum atomic E-state index is 0.609. The number of imidazole rings is 1. The summed E-state index contributed by atoms with van der Waals surface area (Å²) in [5, 5.41) is 6.73. The van der Waals surface area contributed by atoms with Crippen LogP contribution < -0.4 is 10.6 Å². The summed E-state index contributed by atoms with van der Waals surface area (Å²) >= 11 is 0. The third-order valence-electron chi connectivity index (χ3n) is 3.31. The highest BCUT2D eigenvalue weighted by Gasteiger charge is 2.33. The number of aromatic nitrogens is 2. The average molecular weight is 249 g/mol. The molecule has 1 saturated carbocycles. The van der Waals surface area contributed by atoms with Crippen LogP contribution in [0.1, 0.15) is 26.1 Å². The highest BCUT2D eigenvalue weighted by molar-refractivity contribution is 5.80. The van der Waals surface area contributed by atoms with Gasteiger partial charge in [-0.15, -0.1) is 0 Å². The molecule has 1 heterocycles. The normalized spacial score (nSPS) is 22.9. The Morgan fingerprint density at radius 1 is 1.61 bits per heavy atom. The van der Waals surface area contributed by atoms with Crippen molar-refractivity contribution in [2.24, 2.45) is 10.9 Å². The van der Waals surface area contributed by atoms with Crippen molar-refractivity contribution in [3.8, 4) is 0 Å². The summed E-state index contributed by atoms with van der Waals surface area (Å²) in [6.45, 7) is 8.91. The molecule has 5 nitrogen and oxygen atoms in total. The van der Waals surface area contributed by atoms with E-state index in [4.69, 9.17) is 0 Å². The van der Waals surface area contributed by atoms with E-state index >= 15 is 0 Å². The van der Waals surface area contributed by atoms with Crippen LogP contribution in [0.25, 0.3) is 0 Å². The highest BCUT2D eigenvalue weighted by Crippen LogP contribution is 2.28. The number of hydrogen-bond acceptors (Lipinski definition) is 2. The van der Waals surface area contributed by atoms with Crippen LogP contribution in [0.15, 0.2) is 17.4 Å². The van der Waals surface area contributed by atoms with Gasteiger partial charge in [0.2, 0.25) is 0 Å². The predicted molar refractivity (Wildman–Crippen MR) is 73.6 cm³/mol. The Balaban J connectivity index is 1.82. The van der Waals surface area contributed by atoms with Crippen molar-refractivity contribution in [2.75, 3.05) is 13.1 Å². The molecule has 18 heavy (non-hydrogen) atoms. The first-order chi connectivity index (χ1) is 8.70. The van der Waals surface area contributed by atoms with Crippen molar-refractivity contribution in [3.63, 3.8) is 0 Å². The lowest BCUT2D eigenvalue weighted by Gasteiger charge is -2.11. The third kappa shape index (κ3) is 3.48. The van der Waals surface area contributed by atoms with Crippen molar-refractivity contribution < 1.29 is 0 Å². The van der Waals surface area contributed by atoms with E-state index in [-0.39, 0.29) is 0 Å². The van der Waals surface area contributed by atoms with Gasteiger partial charge in [-0.05, 0) is 26.2 Å². The molecule has 2 N–H and O–H groups in total. The fourth-order valence-electron chi connectivity index (χ4n) is 1.93. The molecule has 0 radical (unpaired) electrons. The van der Waals surface area contributed by atoms with E-state index in [2.05, 4.69) is 39.0 Å². The van der Waals surface area contributed by atoms with Gasteiger partial charge in [-0.1, -0.05) is 6.92 Å². The molecule has 5 heteroatoms. The van der Waals surface area contributed by atoms with Gasteiger partial charge in [-0.25, -0.2) is 4.98 Å². The molecule has 1 aliphatic rings. The maximum absolute atomic E-state index is 4.59. The van der Waals surface area contributed by atoms with Gasteiger partial charge in [-0.3, -0.25) is 4.99 Å². The Hall–Kier alpha value is -1.52.